The van der Waals surface area contributed by atoms with Crippen LogP contribution in [0.1, 0.15) is 16.1 Å². The van der Waals surface area contributed by atoms with Gasteiger partial charge < -0.3 is 15.2 Å². The van der Waals surface area contributed by atoms with E-state index in [4.69, 9.17) is 0 Å². The molecule has 2 amide bonds. The Bertz CT molecular complexity index is 1160. The van der Waals surface area contributed by atoms with E-state index in [-0.39, 0.29) is 29.9 Å². The number of nitrogens with one attached hydrogen (secondary N) is 2. The lowest BCUT2D eigenvalue weighted by molar-refractivity contribution is -0.117. The Hall–Kier alpha value is -3.72. The van der Waals surface area contributed by atoms with Crippen molar-refractivity contribution in [3.05, 3.63) is 82.3 Å². The van der Waals surface area contributed by atoms with Gasteiger partial charge in [-0.15, -0.1) is 0 Å². The molecular weight excluding hydrogens is 413 g/mol. The molecule has 2 heterocycles. The van der Waals surface area contributed by atoms with Gasteiger partial charge in [-0.05, 0) is 55.5 Å². The molecule has 8 nitrogen and oxygen atoms in total. The summed E-state index contributed by atoms with van der Waals surface area (Å²) >= 11 is 0. The molecule has 1 aliphatic heterocycles. The minimum Gasteiger partial charge on any atom is -0.336 e. The van der Waals surface area contributed by atoms with Gasteiger partial charge in [0.05, 0.1) is 12.2 Å². The first-order valence-corrected chi connectivity index (χ1v) is 10.4. The molecule has 0 atom stereocenters. The lowest BCUT2D eigenvalue weighted by atomic mass is 10.1. The number of aromatic amines is 1. The highest BCUT2D eigenvalue weighted by Gasteiger charge is 2.23. The van der Waals surface area contributed by atoms with E-state index in [1.54, 1.807) is 39.9 Å². The largest absolute Gasteiger partial charge is 0.336 e. The molecule has 9 heteroatoms. The SMILES string of the molecule is Cc1c[nH]c(=O)n1-c1ccc(C(=O)N2CCN(CC(=O)Nc3ccc(F)cc3)CC2)cc1. The number of aryl methyl sites for hydroxylation is 1. The number of aromatic nitrogens is 2. The van der Waals surface area contributed by atoms with Gasteiger partial charge in [0.2, 0.25) is 5.91 Å². The first kappa shape index (κ1) is 21.5. The smallest absolute Gasteiger partial charge is 0.330 e. The molecular formula is C23H24FN5O3. The lowest BCUT2D eigenvalue weighted by Crippen LogP contribution is -2.50. The van der Waals surface area contributed by atoms with Gasteiger partial charge in [0.25, 0.3) is 5.91 Å². The van der Waals surface area contributed by atoms with Gasteiger partial charge >= 0.3 is 5.69 Å². The van der Waals surface area contributed by atoms with Crippen LogP contribution in [0.15, 0.2) is 59.5 Å². The molecule has 0 saturated carbocycles. The van der Waals surface area contributed by atoms with Crippen LogP contribution < -0.4 is 11.0 Å². The second-order valence-corrected chi connectivity index (χ2v) is 7.74. The van der Waals surface area contributed by atoms with Crippen molar-refractivity contribution in [1.29, 1.82) is 0 Å². The molecule has 1 aliphatic rings. The van der Waals surface area contributed by atoms with E-state index in [0.717, 1.165) is 5.69 Å². The fourth-order valence-electron chi connectivity index (χ4n) is 3.76. The summed E-state index contributed by atoms with van der Waals surface area (Å²) < 4.78 is 14.5. The van der Waals surface area contributed by atoms with E-state index >= 15 is 0 Å². The van der Waals surface area contributed by atoms with E-state index in [9.17, 15) is 18.8 Å². The molecule has 0 spiro atoms. The Morgan fingerprint density at radius 1 is 1.00 bits per heavy atom. The third-order valence-corrected chi connectivity index (χ3v) is 5.49. The minimum absolute atomic E-state index is 0.0786. The number of piperazine rings is 1. The fourth-order valence-corrected chi connectivity index (χ4v) is 3.76. The number of hydrogen-bond donors (Lipinski definition) is 2. The van der Waals surface area contributed by atoms with Gasteiger partial charge in [-0.25, -0.2) is 9.18 Å². The molecule has 1 aromatic heterocycles. The third kappa shape index (κ3) is 4.78. The number of nitrogens with zero attached hydrogens (tertiary/aromatic N) is 3. The molecule has 1 saturated heterocycles. The zero-order valence-electron chi connectivity index (χ0n) is 17.7. The van der Waals surface area contributed by atoms with E-state index < -0.39 is 0 Å². The van der Waals surface area contributed by atoms with Gasteiger partial charge in [0.1, 0.15) is 5.82 Å². The second-order valence-electron chi connectivity index (χ2n) is 7.74. The van der Waals surface area contributed by atoms with E-state index in [2.05, 4.69) is 10.3 Å². The number of imidazole rings is 1. The van der Waals surface area contributed by atoms with Gasteiger partial charge in [-0.2, -0.15) is 0 Å². The highest BCUT2D eigenvalue weighted by molar-refractivity contribution is 5.94. The maximum Gasteiger partial charge on any atom is 0.330 e. The molecule has 32 heavy (non-hydrogen) atoms. The number of hydrogen-bond acceptors (Lipinski definition) is 4. The van der Waals surface area contributed by atoms with Crippen molar-refractivity contribution >= 4 is 17.5 Å². The van der Waals surface area contributed by atoms with Crippen LogP contribution in [-0.4, -0.2) is 63.9 Å². The number of amides is 2. The topological polar surface area (TPSA) is 90.4 Å². The lowest BCUT2D eigenvalue weighted by Gasteiger charge is -2.34. The van der Waals surface area contributed by atoms with Crippen molar-refractivity contribution in [3.63, 3.8) is 0 Å². The Kier molecular flexibility index (Phi) is 6.18. The van der Waals surface area contributed by atoms with Gasteiger partial charge in [0, 0.05) is 49.3 Å². The second kappa shape index (κ2) is 9.19. The number of carbonyl (C=O) groups excluding carboxylic acids is 2. The van der Waals surface area contributed by atoms with E-state index in [1.807, 2.05) is 11.8 Å². The molecule has 3 aromatic rings. The Morgan fingerprint density at radius 3 is 2.25 bits per heavy atom. The highest BCUT2D eigenvalue weighted by Crippen LogP contribution is 2.14. The first-order valence-electron chi connectivity index (χ1n) is 10.4. The Balaban J connectivity index is 1.30. The molecule has 0 bridgehead atoms. The quantitative estimate of drug-likeness (QED) is 0.639. The molecule has 0 radical (unpaired) electrons. The summed E-state index contributed by atoms with van der Waals surface area (Å²) in [6.07, 6.45) is 1.64. The number of anilines is 1. The average Bonchev–Trinajstić information content (AvgIpc) is 3.13. The fraction of sp³-hybridized carbons (Fsp3) is 0.261. The Labute approximate surface area is 184 Å². The zero-order chi connectivity index (χ0) is 22.7. The molecule has 0 unspecified atom stereocenters. The minimum atomic E-state index is -0.355. The maximum atomic E-state index is 13.0. The van der Waals surface area contributed by atoms with E-state index in [0.29, 0.717) is 43.1 Å². The van der Waals surface area contributed by atoms with Crippen LogP contribution in [0.25, 0.3) is 5.69 Å². The van der Waals surface area contributed by atoms with Crippen molar-refractivity contribution in [2.75, 3.05) is 38.0 Å². The van der Waals surface area contributed by atoms with Crippen LogP contribution in [0.4, 0.5) is 10.1 Å². The summed E-state index contributed by atoms with van der Waals surface area (Å²) in [5.41, 5.74) is 2.36. The summed E-state index contributed by atoms with van der Waals surface area (Å²) in [6.45, 7) is 4.23. The number of halogens is 1. The van der Waals surface area contributed by atoms with Crippen LogP contribution in [0.5, 0.6) is 0 Å². The van der Waals surface area contributed by atoms with Gasteiger partial charge in [-0.3, -0.25) is 19.1 Å². The summed E-state index contributed by atoms with van der Waals surface area (Å²) in [5.74, 6) is -0.612. The summed E-state index contributed by atoms with van der Waals surface area (Å²) in [5, 5.41) is 2.75. The maximum absolute atomic E-state index is 13.0. The average molecular weight is 437 g/mol. The molecule has 0 aliphatic carbocycles. The van der Waals surface area contributed by atoms with Crippen LogP contribution in [0.2, 0.25) is 0 Å². The van der Waals surface area contributed by atoms with Crippen molar-refractivity contribution in [2.45, 2.75) is 6.92 Å². The molecule has 166 valence electrons. The van der Waals surface area contributed by atoms with Crippen LogP contribution >= 0.6 is 0 Å². The standard InChI is InChI=1S/C23H24FN5O3/c1-16-14-25-23(32)29(16)20-8-2-17(3-9-20)22(31)28-12-10-27(11-13-28)15-21(30)26-19-6-4-18(24)5-7-19/h2-9,14H,10-13,15H2,1H3,(H,25,32)(H,26,30). The van der Waals surface area contributed by atoms with Crippen molar-refractivity contribution < 1.29 is 14.0 Å². The van der Waals surface area contributed by atoms with Crippen LogP contribution in [-0.2, 0) is 4.79 Å². The molecule has 4 rings (SSSR count). The molecule has 2 N–H and O–H groups in total. The zero-order valence-corrected chi connectivity index (χ0v) is 17.7. The number of benzene rings is 2. The monoisotopic (exact) mass is 437 g/mol. The summed E-state index contributed by atoms with van der Waals surface area (Å²) in [7, 11) is 0. The normalized spacial score (nSPS) is 14.4. The predicted octanol–water partition coefficient (Wildman–Crippen LogP) is 2.01. The predicted molar refractivity (Wildman–Crippen MR) is 118 cm³/mol. The van der Waals surface area contributed by atoms with Crippen LogP contribution in [0, 0.1) is 12.7 Å². The van der Waals surface area contributed by atoms with Gasteiger partial charge in [0.15, 0.2) is 0 Å². The van der Waals surface area contributed by atoms with Gasteiger partial charge in [-0.1, -0.05) is 0 Å². The first-order chi connectivity index (χ1) is 15.4. The molecule has 2 aromatic carbocycles. The third-order valence-electron chi connectivity index (χ3n) is 5.49. The van der Waals surface area contributed by atoms with E-state index in [1.165, 1.54) is 24.3 Å². The summed E-state index contributed by atoms with van der Waals surface area (Å²) in [6, 6.07) is 12.6. The highest BCUT2D eigenvalue weighted by atomic mass is 19.1. The van der Waals surface area contributed by atoms with Crippen molar-refractivity contribution in [1.82, 2.24) is 19.4 Å². The van der Waals surface area contributed by atoms with Crippen LogP contribution in [0.3, 0.4) is 0 Å². The number of carbonyl (C=O) groups is 2. The summed E-state index contributed by atoms with van der Waals surface area (Å²) in [4.78, 5) is 43.4. The van der Waals surface area contributed by atoms with Crippen molar-refractivity contribution in [2.24, 2.45) is 0 Å². The van der Waals surface area contributed by atoms with Crippen molar-refractivity contribution in [3.8, 4) is 5.69 Å². The Morgan fingerprint density at radius 2 is 1.66 bits per heavy atom. The number of rotatable bonds is 5. The number of H-pyrrole nitrogens is 1. The molecule has 1 fully saturated rings.